The lowest BCUT2D eigenvalue weighted by molar-refractivity contribution is -0.434. The van der Waals surface area contributed by atoms with E-state index in [9.17, 15) is 14.9 Å². The molecule has 1 aliphatic carbocycles. The zero-order valence-corrected chi connectivity index (χ0v) is 14.2. The fourth-order valence-electron chi connectivity index (χ4n) is 2.75. The third-order valence-corrected chi connectivity index (χ3v) is 4.02. The molecule has 0 aromatic heterocycles. The molecule has 0 fully saturated rings. The highest BCUT2D eigenvalue weighted by Crippen LogP contribution is 2.35. The van der Waals surface area contributed by atoms with E-state index in [4.69, 9.17) is 19.2 Å². The molecule has 0 heterocycles. The summed E-state index contributed by atoms with van der Waals surface area (Å²) in [6, 6.07) is 6.86. The largest absolute Gasteiger partial charge is 0.497 e. The average molecular weight is 351 g/mol. The number of rotatable bonds is 9. The van der Waals surface area contributed by atoms with Crippen LogP contribution >= 0.6 is 0 Å². The van der Waals surface area contributed by atoms with Gasteiger partial charge in [0, 0.05) is 12.8 Å². The second-order valence-electron chi connectivity index (χ2n) is 5.66. The third-order valence-electron chi connectivity index (χ3n) is 4.02. The summed E-state index contributed by atoms with van der Waals surface area (Å²) >= 11 is 0. The summed E-state index contributed by atoms with van der Waals surface area (Å²) < 4.78 is 10.0. The van der Waals surface area contributed by atoms with Crippen LogP contribution in [-0.2, 0) is 14.4 Å². The lowest BCUT2D eigenvalue weighted by Gasteiger charge is -2.18. The number of hydrogen-bond donors (Lipinski definition) is 0. The van der Waals surface area contributed by atoms with Crippen molar-refractivity contribution in [1.29, 1.82) is 0 Å². The molecule has 8 nitrogen and oxygen atoms in total. The van der Waals surface area contributed by atoms with Crippen LogP contribution in [-0.4, -0.2) is 31.2 Å². The molecule has 0 saturated heterocycles. The van der Waals surface area contributed by atoms with Crippen LogP contribution in [0.2, 0.25) is 0 Å². The zero-order chi connectivity index (χ0) is 18.2. The van der Waals surface area contributed by atoms with Crippen LogP contribution in [0.1, 0.15) is 19.8 Å². The molecule has 1 aromatic rings. The Labute approximate surface area is 145 Å². The number of benzene rings is 1. The number of hydrogen-bond acceptors (Lipinski definition) is 7. The Morgan fingerprint density at radius 1 is 1.28 bits per heavy atom. The first-order valence-electron chi connectivity index (χ1n) is 7.92. The number of carbonyl (C=O) groups is 1. The predicted octanol–water partition coefficient (Wildman–Crippen LogP) is 2.76. The Morgan fingerprint density at radius 2 is 1.96 bits per heavy atom. The lowest BCUT2D eigenvalue weighted by atomic mass is 9.92. The summed E-state index contributed by atoms with van der Waals surface area (Å²) in [4.78, 5) is 32.1. The fourth-order valence-corrected chi connectivity index (χ4v) is 2.75. The maximum absolute atomic E-state index is 11.2. The summed E-state index contributed by atoms with van der Waals surface area (Å²) in [5, 5.41) is 11.2. The molecular formula is C17H21NO7. The summed E-state index contributed by atoms with van der Waals surface area (Å²) in [5.41, 5.74) is 0.144. The van der Waals surface area contributed by atoms with Gasteiger partial charge in [-0.3, -0.25) is 14.9 Å². The molecule has 0 spiro atoms. The molecule has 0 amide bonds. The zero-order valence-electron chi connectivity index (χ0n) is 14.2. The molecule has 2 atom stereocenters. The van der Waals surface area contributed by atoms with Gasteiger partial charge in [0.2, 0.25) is 5.70 Å². The standard InChI is InChI=1S/C17H21NO7/c1-12(19)23-11-13-3-8-17(18(20)21)16(13)9-10-24-25-15-6-4-14(22-2)5-7-15/h4-8,13,16H,3,9-11H2,1-2H3/t13-,16-/m0/s1. The fraction of sp³-hybridized carbons (Fsp3) is 0.471. The van der Waals surface area contributed by atoms with Crippen LogP contribution in [0.3, 0.4) is 0 Å². The number of nitro groups is 1. The predicted molar refractivity (Wildman–Crippen MR) is 87.5 cm³/mol. The Morgan fingerprint density at radius 3 is 2.56 bits per heavy atom. The minimum Gasteiger partial charge on any atom is -0.497 e. The topological polar surface area (TPSA) is 97.1 Å². The van der Waals surface area contributed by atoms with E-state index in [2.05, 4.69) is 0 Å². The minimum atomic E-state index is -0.396. The van der Waals surface area contributed by atoms with Crippen molar-refractivity contribution in [2.75, 3.05) is 20.3 Å². The van der Waals surface area contributed by atoms with Crippen molar-refractivity contribution in [3.8, 4) is 11.5 Å². The number of methoxy groups -OCH3 is 1. The van der Waals surface area contributed by atoms with Gasteiger partial charge in [0.1, 0.15) is 5.75 Å². The van der Waals surface area contributed by atoms with Crippen LogP contribution < -0.4 is 9.62 Å². The number of carbonyl (C=O) groups excluding carboxylic acids is 1. The molecule has 0 saturated carbocycles. The first-order chi connectivity index (χ1) is 12.0. The smallest absolute Gasteiger partial charge is 0.302 e. The highest BCUT2D eigenvalue weighted by molar-refractivity contribution is 5.65. The second-order valence-corrected chi connectivity index (χ2v) is 5.66. The molecule has 1 aromatic carbocycles. The van der Waals surface area contributed by atoms with Gasteiger partial charge in [-0.25, -0.2) is 0 Å². The number of esters is 1. The SMILES string of the molecule is COc1ccc(OOCC[C@@H]2C([N+](=O)[O-])=CC[C@H]2COC(C)=O)cc1. The summed E-state index contributed by atoms with van der Waals surface area (Å²) in [7, 11) is 1.57. The van der Waals surface area contributed by atoms with Crippen LogP contribution in [0.4, 0.5) is 0 Å². The maximum Gasteiger partial charge on any atom is 0.302 e. The van der Waals surface area contributed by atoms with Crippen molar-refractivity contribution < 1.29 is 29.0 Å². The Hall–Kier alpha value is -2.61. The van der Waals surface area contributed by atoms with Crippen molar-refractivity contribution >= 4 is 5.97 Å². The molecule has 2 rings (SSSR count). The van der Waals surface area contributed by atoms with Crippen LogP contribution in [0.15, 0.2) is 36.0 Å². The van der Waals surface area contributed by atoms with Crippen molar-refractivity contribution in [1.82, 2.24) is 0 Å². The molecule has 0 aliphatic heterocycles. The van der Waals surface area contributed by atoms with Gasteiger partial charge in [-0.1, -0.05) is 0 Å². The van der Waals surface area contributed by atoms with Gasteiger partial charge >= 0.3 is 5.97 Å². The van der Waals surface area contributed by atoms with E-state index in [1.165, 1.54) is 6.92 Å². The average Bonchev–Trinajstić information content (AvgIpc) is 3.00. The highest BCUT2D eigenvalue weighted by Gasteiger charge is 2.37. The van der Waals surface area contributed by atoms with Crippen molar-refractivity contribution in [2.24, 2.45) is 11.8 Å². The Balaban J connectivity index is 1.83. The molecule has 0 N–H and O–H groups in total. The second kappa shape index (κ2) is 9.03. The molecule has 25 heavy (non-hydrogen) atoms. The van der Waals surface area contributed by atoms with E-state index in [1.807, 2.05) is 0 Å². The maximum atomic E-state index is 11.2. The highest BCUT2D eigenvalue weighted by atomic mass is 17.2. The summed E-state index contributed by atoms with van der Waals surface area (Å²) in [6.07, 6.45) is 2.49. The first-order valence-corrected chi connectivity index (χ1v) is 7.92. The van der Waals surface area contributed by atoms with E-state index in [1.54, 1.807) is 37.5 Å². The van der Waals surface area contributed by atoms with Gasteiger partial charge in [-0.05, 0) is 43.2 Å². The third kappa shape index (κ3) is 5.46. The number of allylic oxidation sites excluding steroid dienone is 2. The Bertz CT molecular complexity index is 626. The summed E-state index contributed by atoms with van der Waals surface area (Å²) in [6.45, 7) is 1.66. The van der Waals surface area contributed by atoms with Crippen LogP contribution in [0.5, 0.6) is 11.5 Å². The van der Waals surface area contributed by atoms with Gasteiger partial charge in [0.25, 0.3) is 0 Å². The monoisotopic (exact) mass is 351 g/mol. The molecule has 0 radical (unpaired) electrons. The van der Waals surface area contributed by atoms with E-state index < -0.39 is 5.97 Å². The normalized spacial score (nSPS) is 19.2. The van der Waals surface area contributed by atoms with Crippen LogP contribution in [0.25, 0.3) is 0 Å². The van der Waals surface area contributed by atoms with Gasteiger partial charge in [0.15, 0.2) is 5.75 Å². The molecule has 8 heteroatoms. The Kier molecular flexibility index (Phi) is 6.76. The van der Waals surface area contributed by atoms with E-state index >= 15 is 0 Å². The quantitative estimate of drug-likeness (QED) is 0.222. The summed E-state index contributed by atoms with van der Waals surface area (Å²) in [5.74, 6) is 0.358. The van der Waals surface area contributed by atoms with Gasteiger partial charge < -0.3 is 14.4 Å². The van der Waals surface area contributed by atoms with Gasteiger partial charge in [-0.15, -0.1) is 0 Å². The van der Waals surface area contributed by atoms with E-state index in [0.29, 0.717) is 24.3 Å². The number of ether oxygens (including phenoxy) is 2. The van der Waals surface area contributed by atoms with E-state index in [-0.39, 0.29) is 35.7 Å². The van der Waals surface area contributed by atoms with Gasteiger partial charge in [0.05, 0.1) is 31.2 Å². The molecule has 0 bridgehead atoms. The van der Waals surface area contributed by atoms with Crippen molar-refractivity contribution in [3.63, 3.8) is 0 Å². The minimum absolute atomic E-state index is 0.117. The van der Waals surface area contributed by atoms with E-state index in [0.717, 1.165) is 0 Å². The molecule has 0 unspecified atom stereocenters. The lowest BCUT2D eigenvalue weighted by Crippen LogP contribution is -2.23. The first kappa shape index (κ1) is 18.7. The van der Waals surface area contributed by atoms with Gasteiger partial charge in [-0.2, -0.15) is 4.89 Å². The van der Waals surface area contributed by atoms with Crippen molar-refractivity contribution in [3.05, 3.63) is 46.2 Å². The molecular weight excluding hydrogens is 330 g/mol. The van der Waals surface area contributed by atoms with Crippen LogP contribution in [0, 0.1) is 22.0 Å². The van der Waals surface area contributed by atoms with Crippen molar-refractivity contribution in [2.45, 2.75) is 19.8 Å². The molecule has 1 aliphatic rings. The molecule has 136 valence electrons. The number of nitrogens with zero attached hydrogens (tertiary/aromatic N) is 1.